The first-order valence-corrected chi connectivity index (χ1v) is 15.6. The Labute approximate surface area is 257 Å². The molecule has 0 aromatic heterocycles. The third-order valence-electron chi connectivity index (χ3n) is 9.45. The van der Waals surface area contributed by atoms with Crippen LogP contribution in [0.2, 0.25) is 5.02 Å². The van der Waals surface area contributed by atoms with E-state index >= 15 is 0 Å². The fourth-order valence-electron chi connectivity index (χ4n) is 7.44. The average molecular weight is 604 g/mol. The van der Waals surface area contributed by atoms with Gasteiger partial charge in [-0.1, -0.05) is 73.9 Å². The summed E-state index contributed by atoms with van der Waals surface area (Å²) < 4.78 is 7.07. The Kier molecular flexibility index (Phi) is 8.20. The van der Waals surface area contributed by atoms with Gasteiger partial charge >= 0.3 is 0 Å². The SMILES string of the molecule is CC[C@]12C=CCN(c3ccccc3)C(=O)[C@H]1[C@H]1C(=O)N(CCCCCCO)C3C(=O)N(c4ccc(Cl)cc4)CC=C[C@@]31O2. The molecule has 0 aliphatic carbocycles. The van der Waals surface area contributed by atoms with Crippen molar-refractivity contribution in [3.63, 3.8) is 0 Å². The van der Waals surface area contributed by atoms with Gasteiger partial charge in [0.25, 0.3) is 5.91 Å². The Morgan fingerprint density at radius 2 is 1.47 bits per heavy atom. The molecule has 0 saturated carbocycles. The third-order valence-corrected chi connectivity index (χ3v) is 9.70. The first-order valence-electron chi connectivity index (χ1n) is 15.3. The largest absolute Gasteiger partial charge is 0.396 e. The zero-order valence-electron chi connectivity index (χ0n) is 24.4. The standard InChI is InChI=1S/C34H38ClN3O5/c1-2-33-18-10-21-36(25-12-6-5-7-13-25)30(40)27(33)28-31(41)38(20-8-3-4-9-23-39)29-32(42)37(22-11-19-34(28,29)43-33)26-16-14-24(35)15-17-26/h5-7,10-19,27-29,39H,2-4,8-9,20-23H2,1H3/t27-,28+,29?,33+,34+/m1/s1. The van der Waals surface area contributed by atoms with Crippen LogP contribution in [0.3, 0.4) is 0 Å². The summed E-state index contributed by atoms with van der Waals surface area (Å²) in [5, 5.41) is 9.79. The van der Waals surface area contributed by atoms with Gasteiger partial charge in [0.05, 0.1) is 17.4 Å². The van der Waals surface area contributed by atoms with Crippen LogP contribution >= 0.6 is 11.6 Å². The van der Waals surface area contributed by atoms with Crippen molar-refractivity contribution in [3.05, 3.63) is 83.9 Å². The number of likely N-dealkylation sites (tertiary alicyclic amines) is 1. The molecule has 3 amide bonds. The smallest absolute Gasteiger partial charge is 0.253 e. The lowest BCUT2D eigenvalue weighted by Crippen LogP contribution is -2.56. The molecule has 2 fully saturated rings. The number of para-hydroxylation sites is 1. The molecule has 2 aromatic rings. The number of halogens is 1. The number of ether oxygens (including phenoxy) is 1. The first-order chi connectivity index (χ1) is 20.9. The minimum atomic E-state index is -1.30. The molecule has 2 aromatic carbocycles. The van der Waals surface area contributed by atoms with Crippen LogP contribution in [0.5, 0.6) is 0 Å². The van der Waals surface area contributed by atoms with Crippen LogP contribution in [0.25, 0.3) is 0 Å². The second kappa shape index (κ2) is 11.9. The summed E-state index contributed by atoms with van der Waals surface area (Å²) in [6, 6.07) is 15.6. The van der Waals surface area contributed by atoms with E-state index < -0.39 is 29.1 Å². The minimum Gasteiger partial charge on any atom is -0.396 e. The van der Waals surface area contributed by atoms with Crippen molar-refractivity contribution in [1.29, 1.82) is 0 Å². The summed E-state index contributed by atoms with van der Waals surface area (Å²) in [5.41, 5.74) is -0.902. The average Bonchev–Trinajstić information content (AvgIpc) is 3.30. The normalized spacial score (nSPS) is 29.9. The van der Waals surface area contributed by atoms with E-state index in [0.29, 0.717) is 49.6 Å². The van der Waals surface area contributed by atoms with E-state index in [1.165, 1.54) is 0 Å². The van der Waals surface area contributed by atoms with E-state index in [1.807, 2.05) is 61.6 Å². The fraction of sp³-hybridized carbons (Fsp3) is 0.441. The molecule has 0 bridgehead atoms. The van der Waals surface area contributed by atoms with Crippen molar-refractivity contribution in [2.75, 3.05) is 36.0 Å². The van der Waals surface area contributed by atoms with Gasteiger partial charge in [0.2, 0.25) is 11.8 Å². The molecule has 43 heavy (non-hydrogen) atoms. The molecule has 1 N–H and O–H groups in total. The zero-order valence-corrected chi connectivity index (χ0v) is 25.2. The van der Waals surface area contributed by atoms with Gasteiger partial charge in [-0.25, -0.2) is 0 Å². The van der Waals surface area contributed by atoms with Crippen molar-refractivity contribution in [1.82, 2.24) is 4.90 Å². The molecule has 2 saturated heterocycles. The number of fused-ring (bicyclic) bond motifs is 2. The maximum atomic E-state index is 14.6. The van der Waals surface area contributed by atoms with E-state index in [2.05, 4.69) is 0 Å². The summed E-state index contributed by atoms with van der Waals surface area (Å²) in [6.45, 7) is 3.13. The first kappa shape index (κ1) is 29.6. The van der Waals surface area contributed by atoms with Gasteiger partial charge in [-0.15, -0.1) is 0 Å². The second-order valence-corrected chi connectivity index (χ2v) is 12.2. The summed E-state index contributed by atoms with van der Waals surface area (Å²) >= 11 is 6.15. The topological polar surface area (TPSA) is 90.4 Å². The van der Waals surface area contributed by atoms with Gasteiger partial charge in [-0.05, 0) is 55.7 Å². The van der Waals surface area contributed by atoms with Crippen LogP contribution in [0.15, 0.2) is 78.9 Å². The number of carbonyl (C=O) groups excluding carboxylic acids is 3. The summed E-state index contributed by atoms with van der Waals surface area (Å²) in [7, 11) is 0. The van der Waals surface area contributed by atoms with Crippen molar-refractivity contribution in [3.8, 4) is 0 Å². The molecule has 0 radical (unpaired) electrons. The Morgan fingerprint density at radius 3 is 2.16 bits per heavy atom. The maximum Gasteiger partial charge on any atom is 0.253 e. The molecule has 8 nitrogen and oxygen atoms in total. The van der Waals surface area contributed by atoms with E-state index in [1.54, 1.807) is 39.0 Å². The molecule has 1 unspecified atom stereocenters. The molecule has 5 atom stereocenters. The van der Waals surface area contributed by atoms with Crippen LogP contribution < -0.4 is 9.80 Å². The summed E-state index contributed by atoms with van der Waals surface area (Å²) in [4.78, 5) is 48.8. The molecule has 1 spiro atoms. The molecule has 4 aliphatic heterocycles. The number of carbonyl (C=O) groups is 3. The third kappa shape index (κ3) is 4.89. The molecule has 9 heteroatoms. The zero-order chi connectivity index (χ0) is 30.2. The van der Waals surface area contributed by atoms with Crippen molar-refractivity contribution in [2.45, 2.75) is 56.3 Å². The lowest BCUT2D eigenvalue weighted by atomic mass is 9.73. The summed E-state index contributed by atoms with van der Waals surface area (Å²) in [5.74, 6) is -2.29. The molecule has 4 heterocycles. The van der Waals surface area contributed by atoms with Gasteiger partial charge in [-0.3, -0.25) is 14.4 Å². The number of hydrogen-bond acceptors (Lipinski definition) is 5. The van der Waals surface area contributed by atoms with Crippen LogP contribution in [-0.4, -0.2) is 71.2 Å². The molecular formula is C34H38ClN3O5. The number of unbranched alkanes of at least 4 members (excludes halogenated alkanes) is 3. The number of hydrogen-bond donors (Lipinski definition) is 1. The highest BCUT2D eigenvalue weighted by atomic mass is 35.5. The monoisotopic (exact) mass is 603 g/mol. The van der Waals surface area contributed by atoms with E-state index in [-0.39, 0.29) is 24.3 Å². The van der Waals surface area contributed by atoms with Crippen molar-refractivity contribution in [2.24, 2.45) is 11.8 Å². The van der Waals surface area contributed by atoms with Crippen LogP contribution in [0.4, 0.5) is 11.4 Å². The van der Waals surface area contributed by atoms with Gasteiger partial charge in [0.1, 0.15) is 11.6 Å². The van der Waals surface area contributed by atoms with Gasteiger partial charge in [0.15, 0.2) is 0 Å². The molecular weight excluding hydrogens is 566 g/mol. The number of nitrogens with zero attached hydrogens (tertiary/aromatic N) is 3. The molecule has 226 valence electrons. The van der Waals surface area contributed by atoms with E-state index in [4.69, 9.17) is 16.3 Å². The summed E-state index contributed by atoms with van der Waals surface area (Å²) in [6.07, 6.45) is 11.2. The van der Waals surface area contributed by atoms with E-state index in [0.717, 1.165) is 18.5 Å². The predicted octanol–water partition coefficient (Wildman–Crippen LogP) is 4.76. The number of aliphatic hydroxyl groups is 1. The highest BCUT2D eigenvalue weighted by molar-refractivity contribution is 6.30. The fourth-order valence-corrected chi connectivity index (χ4v) is 7.57. The number of aliphatic hydroxyl groups excluding tert-OH is 1. The van der Waals surface area contributed by atoms with Gasteiger partial charge in [-0.2, -0.15) is 0 Å². The predicted molar refractivity (Wildman–Crippen MR) is 166 cm³/mol. The number of amides is 3. The van der Waals surface area contributed by atoms with Crippen molar-refractivity contribution < 1.29 is 24.2 Å². The van der Waals surface area contributed by atoms with Crippen LogP contribution in [-0.2, 0) is 19.1 Å². The van der Waals surface area contributed by atoms with E-state index in [9.17, 15) is 19.5 Å². The number of rotatable bonds is 9. The Balaban J connectivity index is 1.44. The van der Waals surface area contributed by atoms with Crippen molar-refractivity contribution >= 4 is 40.7 Å². The lowest BCUT2D eigenvalue weighted by molar-refractivity contribution is -0.145. The van der Waals surface area contributed by atoms with Crippen LogP contribution in [0.1, 0.15) is 39.0 Å². The highest BCUT2D eigenvalue weighted by Crippen LogP contribution is 2.58. The van der Waals surface area contributed by atoms with Gasteiger partial charge in [0, 0.05) is 42.6 Å². The Hall–Kier alpha value is -3.46. The quantitative estimate of drug-likeness (QED) is 0.330. The molecule has 4 aliphatic rings. The maximum absolute atomic E-state index is 14.6. The highest BCUT2D eigenvalue weighted by Gasteiger charge is 2.75. The van der Waals surface area contributed by atoms with Crippen LogP contribution in [0, 0.1) is 11.8 Å². The number of anilines is 2. The Bertz CT molecular complexity index is 1430. The second-order valence-electron chi connectivity index (χ2n) is 11.8. The minimum absolute atomic E-state index is 0.123. The number of benzene rings is 2. The lowest BCUT2D eigenvalue weighted by Gasteiger charge is -2.38. The molecule has 6 rings (SSSR count). The van der Waals surface area contributed by atoms with Gasteiger partial charge < -0.3 is 24.5 Å². The Morgan fingerprint density at radius 1 is 0.814 bits per heavy atom.